The van der Waals surface area contributed by atoms with E-state index in [4.69, 9.17) is 5.26 Å². The molecule has 2 N–H and O–H groups in total. The third-order valence-electron chi connectivity index (χ3n) is 3.57. The number of phenols is 1. The van der Waals surface area contributed by atoms with Crippen molar-refractivity contribution >= 4 is 12.0 Å². The Kier molecular flexibility index (Phi) is 6.60. The predicted molar refractivity (Wildman–Crippen MR) is 94.1 cm³/mol. The van der Waals surface area contributed by atoms with Crippen molar-refractivity contribution < 1.29 is 9.90 Å². The molecule has 1 amide bonds. The highest BCUT2D eigenvalue weighted by atomic mass is 16.3. The maximum Gasteiger partial charge on any atom is 0.261 e. The lowest BCUT2D eigenvalue weighted by atomic mass is 10.1. The average Bonchev–Trinajstić information content (AvgIpc) is 2.60. The first kappa shape index (κ1) is 17.3. The molecule has 0 saturated carbocycles. The van der Waals surface area contributed by atoms with Crippen molar-refractivity contribution in [1.82, 2.24) is 5.32 Å². The highest BCUT2D eigenvalue weighted by Gasteiger charge is 2.08. The molecular formula is C20H20N2O2. The number of carbonyl (C=O) groups is 1. The van der Waals surface area contributed by atoms with E-state index in [0.717, 1.165) is 19.3 Å². The van der Waals surface area contributed by atoms with E-state index < -0.39 is 0 Å². The van der Waals surface area contributed by atoms with Crippen molar-refractivity contribution in [3.8, 4) is 11.8 Å². The number of carbonyl (C=O) groups excluding carboxylic acids is 1. The molecule has 0 bridgehead atoms. The summed E-state index contributed by atoms with van der Waals surface area (Å²) in [6.45, 7) is 0.532. The summed E-state index contributed by atoms with van der Waals surface area (Å²) in [7, 11) is 0. The summed E-state index contributed by atoms with van der Waals surface area (Å²) in [5.74, 6) is -0.289. The first-order valence-corrected chi connectivity index (χ1v) is 7.92. The van der Waals surface area contributed by atoms with Gasteiger partial charge in [0.15, 0.2) is 0 Å². The van der Waals surface area contributed by atoms with E-state index in [0.29, 0.717) is 12.1 Å². The molecule has 0 unspecified atom stereocenters. The maximum atomic E-state index is 12.0. The Morgan fingerprint density at radius 3 is 2.62 bits per heavy atom. The molecule has 2 aromatic rings. The molecule has 2 aromatic carbocycles. The third-order valence-corrected chi connectivity index (χ3v) is 3.57. The highest BCUT2D eigenvalue weighted by molar-refractivity contribution is 6.01. The van der Waals surface area contributed by atoms with Crippen LogP contribution in [0.15, 0.2) is 60.2 Å². The Balaban J connectivity index is 1.79. The van der Waals surface area contributed by atoms with Gasteiger partial charge in [0.2, 0.25) is 0 Å². The van der Waals surface area contributed by atoms with Crippen molar-refractivity contribution in [1.29, 1.82) is 5.26 Å². The van der Waals surface area contributed by atoms with Crippen LogP contribution in [0.1, 0.15) is 24.0 Å². The number of hydrogen-bond acceptors (Lipinski definition) is 3. The molecule has 2 rings (SSSR count). The van der Waals surface area contributed by atoms with Crippen molar-refractivity contribution in [2.24, 2.45) is 0 Å². The number of amides is 1. The summed E-state index contributed by atoms with van der Waals surface area (Å²) in [6.07, 6.45) is 4.27. The van der Waals surface area contributed by atoms with Gasteiger partial charge in [0, 0.05) is 6.54 Å². The molecule has 0 aliphatic carbocycles. The normalized spacial score (nSPS) is 10.9. The Morgan fingerprint density at radius 1 is 1.12 bits per heavy atom. The van der Waals surface area contributed by atoms with Gasteiger partial charge in [0.1, 0.15) is 17.4 Å². The summed E-state index contributed by atoms with van der Waals surface area (Å²) < 4.78 is 0. The van der Waals surface area contributed by atoms with Crippen LogP contribution in [0.4, 0.5) is 0 Å². The van der Waals surface area contributed by atoms with Gasteiger partial charge in [0.25, 0.3) is 5.91 Å². The summed E-state index contributed by atoms with van der Waals surface area (Å²) in [5.41, 5.74) is 1.93. The van der Waals surface area contributed by atoms with Crippen LogP contribution in [0.3, 0.4) is 0 Å². The number of nitriles is 1. The van der Waals surface area contributed by atoms with Gasteiger partial charge in [-0.1, -0.05) is 42.5 Å². The first-order valence-electron chi connectivity index (χ1n) is 7.92. The van der Waals surface area contributed by atoms with Gasteiger partial charge in [-0.05, 0) is 48.6 Å². The van der Waals surface area contributed by atoms with Crippen molar-refractivity contribution in [3.05, 3.63) is 71.3 Å². The second-order valence-corrected chi connectivity index (χ2v) is 5.46. The van der Waals surface area contributed by atoms with E-state index in [9.17, 15) is 9.90 Å². The number of nitrogens with one attached hydrogen (secondary N) is 1. The van der Waals surface area contributed by atoms with Gasteiger partial charge in [-0.15, -0.1) is 0 Å². The van der Waals surface area contributed by atoms with E-state index in [2.05, 4.69) is 17.4 Å². The second kappa shape index (κ2) is 9.16. The van der Waals surface area contributed by atoms with E-state index in [1.165, 1.54) is 23.8 Å². The van der Waals surface area contributed by atoms with E-state index in [1.54, 1.807) is 12.1 Å². The van der Waals surface area contributed by atoms with Crippen LogP contribution in [0.2, 0.25) is 0 Å². The Hall–Kier alpha value is -3.06. The SMILES string of the molecule is N#C/C(=C\c1cccc(O)c1)C(=O)NCCCCc1ccccc1. The average molecular weight is 320 g/mol. The largest absolute Gasteiger partial charge is 0.508 e. The molecular weight excluding hydrogens is 300 g/mol. The lowest BCUT2D eigenvalue weighted by Gasteiger charge is -2.05. The van der Waals surface area contributed by atoms with E-state index in [1.807, 2.05) is 24.3 Å². The highest BCUT2D eigenvalue weighted by Crippen LogP contribution is 2.14. The molecule has 0 atom stereocenters. The number of hydrogen-bond donors (Lipinski definition) is 2. The van der Waals surface area contributed by atoms with Crippen LogP contribution in [0.5, 0.6) is 5.75 Å². The maximum absolute atomic E-state index is 12.0. The molecule has 0 aliphatic heterocycles. The number of nitrogens with zero attached hydrogens (tertiary/aromatic N) is 1. The second-order valence-electron chi connectivity index (χ2n) is 5.46. The van der Waals surface area contributed by atoms with Crippen LogP contribution in [0.25, 0.3) is 6.08 Å². The fourth-order valence-corrected chi connectivity index (χ4v) is 2.33. The molecule has 0 aromatic heterocycles. The number of aromatic hydroxyl groups is 1. The molecule has 0 radical (unpaired) electrons. The van der Waals surface area contributed by atoms with Gasteiger partial charge in [-0.2, -0.15) is 5.26 Å². The minimum atomic E-state index is -0.388. The number of benzene rings is 2. The monoisotopic (exact) mass is 320 g/mol. The minimum Gasteiger partial charge on any atom is -0.508 e. The van der Waals surface area contributed by atoms with Crippen LogP contribution in [-0.2, 0) is 11.2 Å². The lowest BCUT2D eigenvalue weighted by molar-refractivity contribution is -0.117. The number of phenolic OH excluding ortho intramolecular Hbond substituents is 1. The fourth-order valence-electron chi connectivity index (χ4n) is 2.33. The van der Waals surface area contributed by atoms with Crippen molar-refractivity contribution in [2.45, 2.75) is 19.3 Å². The molecule has 0 saturated heterocycles. The zero-order chi connectivity index (χ0) is 17.2. The molecule has 0 spiro atoms. The Labute approximate surface area is 142 Å². The summed E-state index contributed by atoms with van der Waals surface area (Å²) in [4.78, 5) is 12.0. The zero-order valence-corrected chi connectivity index (χ0v) is 13.4. The van der Waals surface area contributed by atoms with Gasteiger partial charge >= 0.3 is 0 Å². The van der Waals surface area contributed by atoms with Gasteiger partial charge in [-0.25, -0.2) is 0 Å². The smallest absolute Gasteiger partial charge is 0.261 e. The summed E-state index contributed by atoms with van der Waals surface area (Å²) in [6, 6.07) is 18.5. The molecule has 0 fully saturated rings. The third kappa shape index (κ3) is 5.62. The summed E-state index contributed by atoms with van der Waals surface area (Å²) in [5, 5.41) is 21.3. The number of aryl methyl sites for hydroxylation is 1. The first-order chi connectivity index (χ1) is 11.7. The van der Waals surface area contributed by atoms with Gasteiger partial charge in [0.05, 0.1) is 0 Å². The van der Waals surface area contributed by atoms with E-state index >= 15 is 0 Å². The molecule has 0 heterocycles. The topological polar surface area (TPSA) is 73.1 Å². The quantitative estimate of drug-likeness (QED) is 0.466. The van der Waals surface area contributed by atoms with Crippen LogP contribution in [0, 0.1) is 11.3 Å². The number of unbranched alkanes of at least 4 members (excludes halogenated alkanes) is 1. The van der Waals surface area contributed by atoms with E-state index in [-0.39, 0.29) is 17.2 Å². The summed E-state index contributed by atoms with van der Waals surface area (Å²) >= 11 is 0. The molecule has 4 nitrogen and oxygen atoms in total. The Morgan fingerprint density at radius 2 is 1.92 bits per heavy atom. The zero-order valence-electron chi connectivity index (χ0n) is 13.4. The fraction of sp³-hybridized carbons (Fsp3) is 0.200. The van der Waals surface area contributed by atoms with Crippen molar-refractivity contribution in [2.75, 3.05) is 6.54 Å². The molecule has 24 heavy (non-hydrogen) atoms. The molecule has 122 valence electrons. The van der Waals surface area contributed by atoms with Crippen LogP contribution >= 0.6 is 0 Å². The molecule has 4 heteroatoms. The minimum absolute atomic E-state index is 0.0312. The lowest BCUT2D eigenvalue weighted by Crippen LogP contribution is -2.25. The number of rotatable bonds is 7. The Bertz CT molecular complexity index is 746. The van der Waals surface area contributed by atoms with Gasteiger partial charge < -0.3 is 10.4 Å². The van der Waals surface area contributed by atoms with Gasteiger partial charge in [-0.3, -0.25) is 4.79 Å². The standard InChI is InChI=1S/C20H20N2O2/c21-15-18(13-17-10-6-11-19(23)14-17)20(24)22-12-5-4-9-16-7-2-1-3-8-16/h1-3,6-8,10-11,13-14,23H,4-5,9,12H2,(H,22,24)/b18-13+. The predicted octanol–water partition coefficient (Wildman–Crippen LogP) is 3.44. The van der Waals surface area contributed by atoms with Crippen LogP contribution in [-0.4, -0.2) is 17.6 Å². The van der Waals surface area contributed by atoms with Crippen molar-refractivity contribution in [3.63, 3.8) is 0 Å². The molecule has 0 aliphatic rings. The van der Waals surface area contributed by atoms with Crippen LogP contribution < -0.4 is 5.32 Å².